The first kappa shape index (κ1) is 26.2. The third kappa shape index (κ3) is 6.08. The molecule has 0 bridgehead atoms. The minimum absolute atomic E-state index is 0.00503. The SMILES string of the molecule is O=C(O)[C@H](Cc1ccccc1)N(Cc1ccc(-c2ccc(F)c(Cl)c2)s1)C(=O)c1ccc(Cl)cc1Cl. The predicted octanol–water partition coefficient (Wildman–Crippen LogP) is 7.85. The molecule has 3 aromatic carbocycles. The lowest BCUT2D eigenvalue weighted by Crippen LogP contribution is -2.46. The molecule has 4 aromatic rings. The smallest absolute Gasteiger partial charge is 0.326 e. The molecule has 1 heterocycles. The van der Waals surface area contributed by atoms with Crippen molar-refractivity contribution in [3.05, 3.63) is 116 Å². The fraction of sp³-hybridized carbons (Fsp3) is 0.111. The van der Waals surface area contributed by atoms with Gasteiger partial charge in [-0.1, -0.05) is 71.2 Å². The van der Waals surface area contributed by atoms with Gasteiger partial charge in [0.15, 0.2) is 0 Å². The van der Waals surface area contributed by atoms with Crippen molar-refractivity contribution >= 4 is 58.0 Å². The maximum atomic E-state index is 13.7. The number of carboxylic acid groups (broad SMARTS) is 1. The van der Waals surface area contributed by atoms with Crippen molar-refractivity contribution in [1.29, 1.82) is 0 Å². The first-order chi connectivity index (χ1) is 17.2. The zero-order valence-electron chi connectivity index (χ0n) is 18.6. The maximum absolute atomic E-state index is 13.7. The molecule has 1 N–H and O–H groups in total. The second-order valence-electron chi connectivity index (χ2n) is 8.00. The molecular weight excluding hydrogens is 544 g/mol. The number of halogens is 4. The normalized spacial score (nSPS) is 11.8. The van der Waals surface area contributed by atoms with Gasteiger partial charge in [-0.15, -0.1) is 11.3 Å². The standard InChI is InChI=1S/C27H19Cl3FNO3S/c28-18-7-9-20(21(29)14-18)26(33)32(24(27(34)35)12-16-4-2-1-3-5-16)15-19-8-11-25(36-19)17-6-10-23(31)22(30)13-17/h1-11,13-14,24H,12,15H2,(H,34,35)/t24-/m0/s1. The number of carbonyl (C=O) groups is 2. The number of rotatable bonds is 8. The Bertz CT molecular complexity index is 1410. The van der Waals surface area contributed by atoms with E-state index in [0.29, 0.717) is 5.02 Å². The summed E-state index contributed by atoms with van der Waals surface area (Å²) in [5.74, 6) is -2.18. The van der Waals surface area contributed by atoms with Crippen LogP contribution in [0.3, 0.4) is 0 Å². The van der Waals surface area contributed by atoms with Crippen molar-refractivity contribution in [2.45, 2.75) is 19.0 Å². The molecule has 0 radical (unpaired) electrons. The number of nitrogens with zero attached hydrogens (tertiary/aromatic N) is 1. The summed E-state index contributed by atoms with van der Waals surface area (Å²) in [6, 6.07) is 20.5. The zero-order chi connectivity index (χ0) is 25.8. The highest BCUT2D eigenvalue weighted by Crippen LogP contribution is 2.33. The van der Waals surface area contributed by atoms with E-state index in [1.807, 2.05) is 42.5 Å². The Labute approximate surface area is 226 Å². The van der Waals surface area contributed by atoms with Gasteiger partial charge in [0.2, 0.25) is 0 Å². The molecule has 0 saturated heterocycles. The summed E-state index contributed by atoms with van der Waals surface area (Å²) >= 11 is 19.6. The van der Waals surface area contributed by atoms with Gasteiger partial charge in [0.05, 0.1) is 22.2 Å². The van der Waals surface area contributed by atoms with Crippen LogP contribution in [0.25, 0.3) is 10.4 Å². The van der Waals surface area contributed by atoms with E-state index in [2.05, 4.69) is 0 Å². The van der Waals surface area contributed by atoms with Crippen LogP contribution in [-0.2, 0) is 17.8 Å². The number of carbonyl (C=O) groups excluding carboxylic acids is 1. The van der Waals surface area contributed by atoms with E-state index < -0.39 is 23.7 Å². The van der Waals surface area contributed by atoms with Crippen LogP contribution in [0.15, 0.2) is 78.9 Å². The maximum Gasteiger partial charge on any atom is 0.326 e. The fourth-order valence-electron chi connectivity index (χ4n) is 3.74. The Morgan fingerprint density at radius 1 is 0.917 bits per heavy atom. The van der Waals surface area contributed by atoms with E-state index in [1.54, 1.807) is 6.07 Å². The summed E-state index contributed by atoms with van der Waals surface area (Å²) in [6.07, 6.45) is 0.110. The van der Waals surface area contributed by atoms with Gasteiger partial charge in [0, 0.05) is 21.2 Å². The highest BCUT2D eigenvalue weighted by atomic mass is 35.5. The summed E-state index contributed by atoms with van der Waals surface area (Å²) in [7, 11) is 0. The molecule has 0 aliphatic carbocycles. The van der Waals surface area contributed by atoms with Crippen molar-refractivity contribution in [2.24, 2.45) is 0 Å². The van der Waals surface area contributed by atoms with Gasteiger partial charge in [-0.25, -0.2) is 9.18 Å². The summed E-state index contributed by atoms with van der Waals surface area (Å²) in [5, 5.41) is 10.6. The van der Waals surface area contributed by atoms with Crippen LogP contribution in [0.4, 0.5) is 4.39 Å². The lowest BCUT2D eigenvalue weighted by molar-refractivity contribution is -0.142. The quantitative estimate of drug-likeness (QED) is 0.238. The van der Waals surface area contributed by atoms with Crippen molar-refractivity contribution in [3.8, 4) is 10.4 Å². The first-order valence-corrected chi connectivity index (χ1v) is 12.7. The molecule has 1 aromatic heterocycles. The third-order valence-corrected chi connectivity index (χ3v) is 7.50. The summed E-state index contributed by atoms with van der Waals surface area (Å²) in [6.45, 7) is 0.0290. The van der Waals surface area contributed by atoms with Gasteiger partial charge < -0.3 is 10.0 Å². The van der Waals surface area contributed by atoms with Gasteiger partial charge in [-0.05, 0) is 53.6 Å². The van der Waals surface area contributed by atoms with E-state index in [0.717, 1.165) is 20.9 Å². The average Bonchev–Trinajstić information content (AvgIpc) is 3.32. The van der Waals surface area contributed by atoms with Gasteiger partial charge in [0.1, 0.15) is 11.9 Å². The molecule has 0 unspecified atom stereocenters. The van der Waals surface area contributed by atoms with E-state index in [-0.39, 0.29) is 28.6 Å². The van der Waals surface area contributed by atoms with Crippen LogP contribution < -0.4 is 0 Å². The summed E-state index contributed by atoms with van der Waals surface area (Å²) < 4.78 is 13.6. The molecule has 4 nitrogen and oxygen atoms in total. The Morgan fingerprint density at radius 3 is 2.33 bits per heavy atom. The molecular formula is C27H19Cl3FNO3S. The minimum atomic E-state index is -1.16. The summed E-state index contributed by atoms with van der Waals surface area (Å²) in [4.78, 5) is 28.9. The molecule has 9 heteroatoms. The molecule has 1 atom stereocenters. The van der Waals surface area contributed by atoms with Gasteiger partial charge >= 0.3 is 5.97 Å². The van der Waals surface area contributed by atoms with Gasteiger partial charge in [-0.3, -0.25) is 4.79 Å². The van der Waals surface area contributed by atoms with E-state index in [1.165, 1.54) is 46.6 Å². The Balaban J connectivity index is 1.70. The van der Waals surface area contributed by atoms with Crippen molar-refractivity contribution < 1.29 is 19.1 Å². The molecule has 36 heavy (non-hydrogen) atoms. The van der Waals surface area contributed by atoms with Crippen LogP contribution in [0.5, 0.6) is 0 Å². The highest BCUT2D eigenvalue weighted by Gasteiger charge is 2.32. The van der Waals surface area contributed by atoms with Crippen molar-refractivity contribution in [3.63, 3.8) is 0 Å². The number of benzene rings is 3. The van der Waals surface area contributed by atoms with Crippen LogP contribution in [-0.4, -0.2) is 27.9 Å². The van der Waals surface area contributed by atoms with Crippen molar-refractivity contribution in [1.82, 2.24) is 4.90 Å². The molecule has 0 aliphatic heterocycles. The Morgan fingerprint density at radius 2 is 1.67 bits per heavy atom. The van der Waals surface area contributed by atoms with Crippen LogP contribution >= 0.6 is 46.1 Å². The topological polar surface area (TPSA) is 57.6 Å². The van der Waals surface area contributed by atoms with Crippen LogP contribution in [0, 0.1) is 5.82 Å². The number of hydrogen-bond acceptors (Lipinski definition) is 3. The lowest BCUT2D eigenvalue weighted by atomic mass is 10.0. The van der Waals surface area contributed by atoms with E-state index in [9.17, 15) is 19.1 Å². The van der Waals surface area contributed by atoms with Gasteiger partial charge in [0.25, 0.3) is 5.91 Å². The molecule has 0 fully saturated rings. The molecule has 1 amide bonds. The first-order valence-electron chi connectivity index (χ1n) is 10.8. The minimum Gasteiger partial charge on any atom is -0.480 e. The number of carboxylic acids is 1. The monoisotopic (exact) mass is 561 g/mol. The second kappa shape index (κ2) is 11.4. The second-order valence-corrected chi connectivity index (χ2v) is 10.4. The highest BCUT2D eigenvalue weighted by molar-refractivity contribution is 7.15. The van der Waals surface area contributed by atoms with Crippen molar-refractivity contribution in [2.75, 3.05) is 0 Å². The average molecular weight is 563 g/mol. The molecule has 184 valence electrons. The van der Waals surface area contributed by atoms with Gasteiger partial charge in [-0.2, -0.15) is 0 Å². The number of thiophene rings is 1. The molecule has 0 saturated carbocycles. The van der Waals surface area contributed by atoms with E-state index >= 15 is 0 Å². The van der Waals surface area contributed by atoms with Crippen LogP contribution in [0.1, 0.15) is 20.8 Å². The molecule has 4 rings (SSSR count). The molecule has 0 spiro atoms. The molecule has 0 aliphatic rings. The predicted molar refractivity (Wildman–Crippen MR) is 143 cm³/mol. The fourth-order valence-corrected chi connectivity index (χ4v) is 5.42. The lowest BCUT2D eigenvalue weighted by Gasteiger charge is -2.29. The third-order valence-electron chi connectivity index (χ3n) is 5.55. The largest absolute Gasteiger partial charge is 0.480 e. The Kier molecular flexibility index (Phi) is 8.32. The summed E-state index contributed by atoms with van der Waals surface area (Å²) in [5.41, 5.74) is 1.65. The van der Waals surface area contributed by atoms with Crippen LogP contribution in [0.2, 0.25) is 15.1 Å². The zero-order valence-corrected chi connectivity index (χ0v) is 21.7. The van der Waals surface area contributed by atoms with E-state index in [4.69, 9.17) is 34.8 Å². The number of aliphatic carboxylic acids is 1. The Hall–Kier alpha value is -2.90. The number of hydrogen-bond donors (Lipinski definition) is 1. The number of amides is 1.